The van der Waals surface area contributed by atoms with E-state index in [4.69, 9.17) is 9.47 Å². The van der Waals surface area contributed by atoms with Crippen molar-refractivity contribution in [3.05, 3.63) is 61.2 Å². The molecule has 22 heavy (non-hydrogen) atoms. The molecule has 1 aromatic carbocycles. The molecule has 118 valence electrons. The monoisotopic (exact) mass is 301 g/mol. The van der Waals surface area contributed by atoms with Gasteiger partial charge in [-0.25, -0.2) is 4.79 Å². The van der Waals surface area contributed by atoms with E-state index in [2.05, 4.69) is 13.2 Å². The molecule has 1 fully saturated rings. The lowest BCUT2D eigenvalue weighted by molar-refractivity contribution is -0.00267. The molecule has 4 nitrogen and oxygen atoms in total. The molecule has 0 spiro atoms. The van der Waals surface area contributed by atoms with E-state index in [1.807, 2.05) is 36.4 Å². The first-order chi connectivity index (χ1) is 10.8. The second-order valence-corrected chi connectivity index (χ2v) is 5.27. The van der Waals surface area contributed by atoms with Gasteiger partial charge < -0.3 is 9.47 Å². The highest BCUT2D eigenvalue weighted by Crippen LogP contribution is 2.21. The van der Waals surface area contributed by atoms with E-state index < -0.39 is 0 Å². The Labute approximate surface area is 132 Å². The van der Waals surface area contributed by atoms with Crippen LogP contribution in [-0.4, -0.2) is 36.3 Å². The van der Waals surface area contributed by atoms with E-state index >= 15 is 0 Å². The van der Waals surface area contributed by atoms with Gasteiger partial charge in [-0.2, -0.15) is 0 Å². The Morgan fingerprint density at radius 2 is 2.09 bits per heavy atom. The van der Waals surface area contributed by atoms with Gasteiger partial charge in [0.2, 0.25) is 0 Å². The van der Waals surface area contributed by atoms with E-state index in [1.165, 1.54) is 0 Å². The predicted molar refractivity (Wildman–Crippen MR) is 86.5 cm³/mol. The largest absolute Gasteiger partial charge is 0.447 e. The number of nitrogens with zero attached hydrogens (tertiary/aromatic N) is 1. The average molecular weight is 301 g/mol. The fraction of sp³-hybridized carbons (Fsp3) is 0.389. The highest BCUT2D eigenvalue weighted by atomic mass is 16.6. The standard InChI is InChI=1S/C18H23NO3/c1-3-5-12-19-16(14-22-18(19)20)17(9-4-2)21-13-15-10-7-6-8-11-15/h3-4,6-8,10-11,16-17H,1-2,5,9,12-14H2/t16-,17-/m0/s1. The number of hydrogen-bond donors (Lipinski definition) is 0. The van der Waals surface area contributed by atoms with Crippen LogP contribution in [0.1, 0.15) is 18.4 Å². The van der Waals surface area contributed by atoms with Crippen molar-refractivity contribution in [2.24, 2.45) is 0 Å². The number of ether oxygens (including phenoxy) is 2. The van der Waals surface area contributed by atoms with Crippen molar-refractivity contribution in [1.82, 2.24) is 4.90 Å². The van der Waals surface area contributed by atoms with Crippen molar-refractivity contribution >= 4 is 6.09 Å². The minimum absolute atomic E-state index is 0.0748. The summed E-state index contributed by atoms with van der Waals surface area (Å²) < 4.78 is 11.2. The second-order valence-electron chi connectivity index (χ2n) is 5.27. The highest BCUT2D eigenvalue weighted by Gasteiger charge is 2.37. The van der Waals surface area contributed by atoms with E-state index in [-0.39, 0.29) is 18.2 Å². The molecule has 1 amide bonds. The molecule has 1 aliphatic heterocycles. The molecule has 4 heteroatoms. The van der Waals surface area contributed by atoms with Gasteiger partial charge in [0.15, 0.2) is 0 Å². The molecule has 1 aliphatic rings. The second kappa shape index (κ2) is 8.39. The lowest BCUT2D eigenvalue weighted by Gasteiger charge is -2.28. The molecule has 1 aromatic rings. The molecule has 0 aliphatic carbocycles. The summed E-state index contributed by atoms with van der Waals surface area (Å²) in [5.41, 5.74) is 1.11. The number of amides is 1. The van der Waals surface area contributed by atoms with Crippen molar-refractivity contribution in [2.75, 3.05) is 13.2 Å². The van der Waals surface area contributed by atoms with Gasteiger partial charge >= 0.3 is 6.09 Å². The number of cyclic esters (lactones) is 1. The molecule has 0 aromatic heterocycles. The number of carbonyl (C=O) groups is 1. The third-order valence-corrected chi connectivity index (χ3v) is 3.72. The third-order valence-electron chi connectivity index (χ3n) is 3.72. The molecule has 0 bridgehead atoms. The first kappa shape index (κ1) is 16.3. The van der Waals surface area contributed by atoms with E-state index in [0.29, 0.717) is 26.2 Å². The molecule has 0 unspecified atom stereocenters. The minimum atomic E-state index is -0.274. The molecule has 0 N–H and O–H groups in total. The van der Waals surface area contributed by atoms with Crippen LogP contribution < -0.4 is 0 Å². The van der Waals surface area contributed by atoms with Crippen LogP contribution in [0.5, 0.6) is 0 Å². The molecule has 1 saturated heterocycles. The Morgan fingerprint density at radius 3 is 2.77 bits per heavy atom. The topological polar surface area (TPSA) is 38.8 Å². The molecular weight excluding hydrogens is 278 g/mol. The summed E-state index contributed by atoms with van der Waals surface area (Å²) in [5, 5.41) is 0. The quantitative estimate of drug-likeness (QED) is 0.655. The van der Waals surface area contributed by atoms with E-state index in [9.17, 15) is 4.79 Å². The normalized spacial score (nSPS) is 18.8. The predicted octanol–water partition coefficient (Wildman–Crippen LogP) is 3.54. The van der Waals surface area contributed by atoms with Gasteiger partial charge in [-0.15, -0.1) is 13.2 Å². The number of benzene rings is 1. The Morgan fingerprint density at radius 1 is 1.32 bits per heavy atom. The first-order valence-electron chi connectivity index (χ1n) is 7.57. The van der Waals surface area contributed by atoms with Crippen LogP contribution in [0, 0.1) is 0 Å². The summed E-state index contributed by atoms with van der Waals surface area (Å²) >= 11 is 0. The number of carbonyl (C=O) groups excluding carboxylic acids is 1. The summed E-state index contributed by atoms with van der Waals surface area (Å²) in [6, 6.07) is 9.92. The lowest BCUT2D eigenvalue weighted by Crippen LogP contribution is -2.43. The van der Waals surface area contributed by atoms with Crippen molar-refractivity contribution in [1.29, 1.82) is 0 Å². The summed E-state index contributed by atoms with van der Waals surface area (Å²) in [4.78, 5) is 13.6. The minimum Gasteiger partial charge on any atom is -0.447 e. The molecule has 2 rings (SSSR count). The summed E-state index contributed by atoms with van der Waals surface area (Å²) in [6.45, 7) is 8.98. The van der Waals surface area contributed by atoms with E-state index in [1.54, 1.807) is 11.0 Å². The Bertz CT molecular complexity index is 500. The van der Waals surface area contributed by atoms with Gasteiger partial charge in [0.1, 0.15) is 6.61 Å². The van der Waals surface area contributed by atoms with Crippen LogP contribution in [0.3, 0.4) is 0 Å². The van der Waals surface area contributed by atoms with Gasteiger partial charge in [-0.3, -0.25) is 4.90 Å². The smallest absolute Gasteiger partial charge is 0.410 e. The number of hydrogen-bond acceptors (Lipinski definition) is 3. The van der Waals surface area contributed by atoms with Crippen molar-refractivity contribution in [3.63, 3.8) is 0 Å². The third kappa shape index (κ3) is 4.21. The van der Waals surface area contributed by atoms with Gasteiger partial charge in [0.25, 0.3) is 0 Å². The molecular formula is C18H23NO3. The Hall–Kier alpha value is -2.07. The van der Waals surface area contributed by atoms with Crippen LogP contribution in [0.25, 0.3) is 0 Å². The van der Waals surface area contributed by atoms with Gasteiger partial charge in [0.05, 0.1) is 18.8 Å². The molecule has 1 heterocycles. The SMILES string of the molecule is C=CCCN1C(=O)OC[C@H]1[C@H](CC=C)OCc1ccccc1. The highest BCUT2D eigenvalue weighted by molar-refractivity contribution is 5.70. The van der Waals surface area contributed by atoms with Crippen LogP contribution in [0.2, 0.25) is 0 Å². The van der Waals surface area contributed by atoms with Crippen LogP contribution in [0.4, 0.5) is 4.79 Å². The van der Waals surface area contributed by atoms with Crippen molar-refractivity contribution < 1.29 is 14.3 Å². The number of rotatable bonds is 9. The van der Waals surface area contributed by atoms with Crippen molar-refractivity contribution in [2.45, 2.75) is 31.6 Å². The van der Waals surface area contributed by atoms with Gasteiger partial charge in [0, 0.05) is 6.54 Å². The fourth-order valence-corrected chi connectivity index (χ4v) is 2.54. The first-order valence-corrected chi connectivity index (χ1v) is 7.57. The zero-order valence-electron chi connectivity index (χ0n) is 12.8. The van der Waals surface area contributed by atoms with Crippen LogP contribution >= 0.6 is 0 Å². The van der Waals surface area contributed by atoms with Crippen LogP contribution in [0.15, 0.2) is 55.6 Å². The summed E-state index contributed by atoms with van der Waals surface area (Å²) in [5.74, 6) is 0. The van der Waals surface area contributed by atoms with Crippen molar-refractivity contribution in [3.8, 4) is 0 Å². The molecule has 2 atom stereocenters. The zero-order valence-corrected chi connectivity index (χ0v) is 12.8. The van der Waals surface area contributed by atoms with Gasteiger partial charge in [-0.1, -0.05) is 42.5 Å². The maximum Gasteiger partial charge on any atom is 0.410 e. The average Bonchev–Trinajstić information content (AvgIpc) is 2.91. The van der Waals surface area contributed by atoms with E-state index in [0.717, 1.165) is 12.0 Å². The maximum atomic E-state index is 11.9. The maximum absolute atomic E-state index is 11.9. The Balaban J connectivity index is 2.00. The molecule has 0 radical (unpaired) electrons. The summed E-state index contributed by atoms with van der Waals surface area (Å²) in [6.07, 6.45) is 4.66. The zero-order chi connectivity index (χ0) is 15.8. The van der Waals surface area contributed by atoms with Crippen LogP contribution in [-0.2, 0) is 16.1 Å². The molecule has 0 saturated carbocycles. The van der Waals surface area contributed by atoms with Gasteiger partial charge in [-0.05, 0) is 18.4 Å². The lowest BCUT2D eigenvalue weighted by atomic mass is 10.1. The fourth-order valence-electron chi connectivity index (χ4n) is 2.54. The Kier molecular flexibility index (Phi) is 6.22. The summed E-state index contributed by atoms with van der Waals surface area (Å²) in [7, 11) is 0.